The summed E-state index contributed by atoms with van der Waals surface area (Å²) in [5.41, 5.74) is 1.12. The molecule has 2 N–H and O–H groups in total. The van der Waals surface area contributed by atoms with Gasteiger partial charge >= 0.3 is 5.97 Å². The Morgan fingerprint density at radius 3 is 2.42 bits per heavy atom. The van der Waals surface area contributed by atoms with Crippen LogP contribution in [-0.2, 0) is 14.8 Å². The lowest BCUT2D eigenvalue weighted by atomic mass is 10.1. The number of anilines is 1. The zero-order valence-electron chi connectivity index (χ0n) is 14.7. The number of hydrogen-bond acceptors (Lipinski definition) is 5. The Morgan fingerprint density at radius 2 is 1.77 bits per heavy atom. The monoisotopic (exact) mass is 376 g/mol. The molecule has 2 aromatic rings. The van der Waals surface area contributed by atoms with E-state index in [1.54, 1.807) is 32.0 Å². The van der Waals surface area contributed by atoms with Crippen molar-refractivity contribution >= 4 is 27.6 Å². The van der Waals surface area contributed by atoms with Gasteiger partial charge in [-0.1, -0.05) is 18.2 Å². The highest BCUT2D eigenvalue weighted by molar-refractivity contribution is 7.92. The first kappa shape index (κ1) is 19.5. The molecule has 0 heterocycles. The minimum Gasteiger partial charge on any atom is -0.465 e. The Bertz CT molecular complexity index is 938. The molecule has 7 nitrogen and oxygen atoms in total. The van der Waals surface area contributed by atoms with Gasteiger partial charge in [0.2, 0.25) is 0 Å². The standard InChI is InChI=1S/C18H20N2O5S/c1-4-19-17(21)15-11-13(10-9-12(15)2)26(23,24)20-16-8-6-5-7-14(16)18(22)25-3/h5-11,20H,4H2,1-3H3,(H,19,21). The average Bonchev–Trinajstić information content (AvgIpc) is 2.61. The first-order chi connectivity index (χ1) is 12.3. The molecule has 0 aliphatic carbocycles. The molecule has 0 radical (unpaired) electrons. The van der Waals surface area contributed by atoms with Crippen molar-refractivity contribution in [2.24, 2.45) is 0 Å². The molecule has 0 aliphatic rings. The van der Waals surface area contributed by atoms with Gasteiger partial charge in [0.1, 0.15) is 0 Å². The van der Waals surface area contributed by atoms with Crippen molar-refractivity contribution in [1.29, 1.82) is 0 Å². The summed E-state index contributed by atoms with van der Waals surface area (Å²) in [7, 11) is -2.79. The molecule has 8 heteroatoms. The first-order valence-corrected chi connectivity index (χ1v) is 9.37. The number of esters is 1. The van der Waals surface area contributed by atoms with Crippen LogP contribution in [0.25, 0.3) is 0 Å². The van der Waals surface area contributed by atoms with Gasteiger partial charge in [0.25, 0.3) is 15.9 Å². The highest BCUT2D eigenvalue weighted by atomic mass is 32.2. The van der Waals surface area contributed by atoms with E-state index in [0.717, 1.165) is 0 Å². The van der Waals surface area contributed by atoms with Crippen LogP contribution in [0.1, 0.15) is 33.2 Å². The van der Waals surface area contributed by atoms with Crippen molar-refractivity contribution in [1.82, 2.24) is 5.32 Å². The van der Waals surface area contributed by atoms with Crippen LogP contribution in [0.3, 0.4) is 0 Å². The molecule has 1 amide bonds. The van der Waals surface area contributed by atoms with Gasteiger partial charge in [-0.05, 0) is 43.7 Å². The summed E-state index contributed by atoms with van der Waals surface area (Å²) >= 11 is 0. The summed E-state index contributed by atoms with van der Waals surface area (Å²) in [6, 6.07) is 10.4. The number of carbonyl (C=O) groups excluding carboxylic acids is 2. The van der Waals surface area contributed by atoms with Crippen LogP contribution in [0, 0.1) is 6.92 Å². The molecule has 0 aliphatic heterocycles. The Morgan fingerprint density at radius 1 is 1.08 bits per heavy atom. The third kappa shape index (κ3) is 4.20. The number of methoxy groups -OCH3 is 1. The lowest BCUT2D eigenvalue weighted by molar-refractivity contribution is 0.0601. The van der Waals surface area contributed by atoms with Crippen LogP contribution >= 0.6 is 0 Å². The number of aryl methyl sites for hydroxylation is 1. The Hall–Kier alpha value is -2.87. The number of carbonyl (C=O) groups is 2. The van der Waals surface area contributed by atoms with Gasteiger partial charge in [0, 0.05) is 12.1 Å². The SMILES string of the molecule is CCNC(=O)c1cc(S(=O)(=O)Nc2ccccc2C(=O)OC)ccc1C. The van der Waals surface area contributed by atoms with Gasteiger partial charge < -0.3 is 10.1 Å². The van der Waals surface area contributed by atoms with E-state index in [0.29, 0.717) is 12.1 Å². The maximum atomic E-state index is 12.7. The minimum atomic E-state index is -4.00. The fourth-order valence-corrected chi connectivity index (χ4v) is 3.44. The number of amides is 1. The summed E-state index contributed by atoms with van der Waals surface area (Å²) in [5, 5.41) is 2.65. The number of rotatable bonds is 6. The predicted molar refractivity (Wildman–Crippen MR) is 97.8 cm³/mol. The molecule has 0 spiro atoms. The van der Waals surface area contributed by atoms with E-state index in [9.17, 15) is 18.0 Å². The third-order valence-corrected chi connectivity index (χ3v) is 5.04. The molecule has 0 saturated carbocycles. The van der Waals surface area contributed by atoms with Gasteiger partial charge in [-0.3, -0.25) is 9.52 Å². The highest BCUT2D eigenvalue weighted by Crippen LogP contribution is 2.22. The molecule has 26 heavy (non-hydrogen) atoms. The molecule has 0 saturated heterocycles. The fraction of sp³-hybridized carbons (Fsp3) is 0.222. The molecule has 0 atom stereocenters. The van der Waals surface area contributed by atoms with Gasteiger partial charge in [0.05, 0.1) is 23.3 Å². The number of para-hydroxylation sites is 1. The Balaban J connectivity index is 2.42. The molecular formula is C18H20N2O5S. The number of hydrogen-bond donors (Lipinski definition) is 2. The molecule has 2 rings (SSSR count). The lowest BCUT2D eigenvalue weighted by Gasteiger charge is -2.13. The molecule has 0 bridgehead atoms. The van der Waals surface area contributed by atoms with E-state index < -0.39 is 16.0 Å². The zero-order valence-corrected chi connectivity index (χ0v) is 15.5. The van der Waals surface area contributed by atoms with Crippen LogP contribution in [0.4, 0.5) is 5.69 Å². The van der Waals surface area contributed by atoms with E-state index in [-0.39, 0.29) is 27.6 Å². The quantitative estimate of drug-likeness (QED) is 0.754. The van der Waals surface area contributed by atoms with Crippen molar-refractivity contribution in [3.05, 3.63) is 59.2 Å². The van der Waals surface area contributed by atoms with Crippen LogP contribution in [0.5, 0.6) is 0 Å². The molecular weight excluding hydrogens is 356 g/mol. The molecule has 2 aromatic carbocycles. The van der Waals surface area contributed by atoms with Crippen LogP contribution in [-0.4, -0.2) is 33.9 Å². The van der Waals surface area contributed by atoms with E-state index in [1.807, 2.05) is 0 Å². The second kappa shape index (κ2) is 8.01. The summed E-state index contributed by atoms with van der Waals surface area (Å²) in [6.07, 6.45) is 0. The number of nitrogens with one attached hydrogen (secondary N) is 2. The highest BCUT2D eigenvalue weighted by Gasteiger charge is 2.21. The zero-order chi connectivity index (χ0) is 19.3. The molecule has 138 valence electrons. The minimum absolute atomic E-state index is 0.0796. The lowest BCUT2D eigenvalue weighted by Crippen LogP contribution is -2.24. The maximum Gasteiger partial charge on any atom is 0.339 e. The van der Waals surface area contributed by atoms with Crippen molar-refractivity contribution < 1.29 is 22.7 Å². The Kier molecular flexibility index (Phi) is 5.99. The normalized spacial score (nSPS) is 10.9. The van der Waals surface area contributed by atoms with E-state index in [4.69, 9.17) is 0 Å². The molecule has 0 fully saturated rings. The second-order valence-electron chi connectivity index (χ2n) is 5.48. The molecule has 0 aromatic heterocycles. The second-order valence-corrected chi connectivity index (χ2v) is 7.16. The Labute approximate surface area is 152 Å². The predicted octanol–water partition coefficient (Wildman–Crippen LogP) is 2.33. The first-order valence-electron chi connectivity index (χ1n) is 7.89. The summed E-state index contributed by atoms with van der Waals surface area (Å²) in [5.74, 6) is -1.01. The summed E-state index contributed by atoms with van der Waals surface area (Å²) < 4.78 is 32.5. The van der Waals surface area contributed by atoms with Gasteiger partial charge in [-0.25, -0.2) is 13.2 Å². The number of benzene rings is 2. The topological polar surface area (TPSA) is 102 Å². The van der Waals surface area contributed by atoms with Crippen molar-refractivity contribution in [3.8, 4) is 0 Å². The fourth-order valence-electron chi connectivity index (χ4n) is 2.33. The third-order valence-electron chi connectivity index (χ3n) is 3.68. The van der Waals surface area contributed by atoms with Crippen molar-refractivity contribution in [2.45, 2.75) is 18.7 Å². The van der Waals surface area contributed by atoms with E-state index in [1.165, 1.54) is 31.4 Å². The van der Waals surface area contributed by atoms with E-state index >= 15 is 0 Å². The summed E-state index contributed by atoms with van der Waals surface area (Å²) in [6.45, 7) is 3.93. The van der Waals surface area contributed by atoms with Crippen LogP contribution in [0.2, 0.25) is 0 Å². The van der Waals surface area contributed by atoms with Gasteiger partial charge in [0.15, 0.2) is 0 Å². The largest absolute Gasteiger partial charge is 0.465 e. The average molecular weight is 376 g/mol. The van der Waals surface area contributed by atoms with Crippen LogP contribution < -0.4 is 10.0 Å². The summed E-state index contributed by atoms with van der Waals surface area (Å²) in [4.78, 5) is 23.8. The smallest absolute Gasteiger partial charge is 0.339 e. The van der Waals surface area contributed by atoms with Crippen molar-refractivity contribution in [2.75, 3.05) is 18.4 Å². The number of ether oxygens (including phenoxy) is 1. The van der Waals surface area contributed by atoms with Crippen LogP contribution in [0.15, 0.2) is 47.4 Å². The number of sulfonamides is 1. The van der Waals surface area contributed by atoms with Gasteiger partial charge in [-0.15, -0.1) is 0 Å². The van der Waals surface area contributed by atoms with Gasteiger partial charge in [-0.2, -0.15) is 0 Å². The van der Waals surface area contributed by atoms with Crippen molar-refractivity contribution in [3.63, 3.8) is 0 Å². The maximum absolute atomic E-state index is 12.7. The molecule has 0 unspecified atom stereocenters. The van der Waals surface area contributed by atoms with E-state index in [2.05, 4.69) is 14.8 Å².